The van der Waals surface area contributed by atoms with Gasteiger partial charge in [0.05, 0.1) is 6.10 Å². The van der Waals surface area contributed by atoms with Crippen molar-refractivity contribution < 1.29 is 18.7 Å². The number of ether oxygens (including phenoxy) is 1. The van der Waals surface area contributed by atoms with E-state index in [1.165, 1.54) is 9.70 Å². The van der Waals surface area contributed by atoms with Crippen LogP contribution >= 0.6 is 0 Å². The van der Waals surface area contributed by atoms with Gasteiger partial charge in [-0.05, 0) is 49.2 Å². The molecule has 1 saturated heterocycles. The summed E-state index contributed by atoms with van der Waals surface area (Å²) in [5.41, 5.74) is 0.613. The van der Waals surface area contributed by atoms with Crippen molar-refractivity contribution in [3.8, 4) is 11.6 Å². The first-order chi connectivity index (χ1) is 15.1. The van der Waals surface area contributed by atoms with Crippen LogP contribution in [0.25, 0.3) is 11.6 Å². The van der Waals surface area contributed by atoms with E-state index in [2.05, 4.69) is 20.7 Å². The smallest absolute Gasteiger partial charge is 0.251 e. The van der Waals surface area contributed by atoms with Crippen molar-refractivity contribution in [3.05, 3.63) is 48.2 Å². The Kier molecular flexibility index (Phi) is 6.37. The molecule has 0 radical (unpaired) electrons. The molecule has 10 nitrogen and oxygen atoms in total. The van der Waals surface area contributed by atoms with Gasteiger partial charge in [0.2, 0.25) is 11.7 Å². The Morgan fingerprint density at radius 1 is 1.23 bits per heavy atom. The number of carbonyl (C=O) groups excluding carboxylic acids is 2. The summed E-state index contributed by atoms with van der Waals surface area (Å²) in [5.74, 6) is 0.904. The number of furan rings is 1. The van der Waals surface area contributed by atoms with Crippen molar-refractivity contribution in [2.45, 2.75) is 32.4 Å². The number of nitrogens with one attached hydrogen (secondary N) is 1. The molecule has 0 bridgehead atoms. The van der Waals surface area contributed by atoms with Crippen molar-refractivity contribution in [3.63, 3.8) is 0 Å². The average Bonchev–Trinajstić information content (AvgIpc) is 3.53. The van der Waals surface area contributed by atoms with E-state index in [9.17, 15) is 9.59 Å². The molecule has 3 heterocycles. The number of hydrogen-bond acceptors (Lipinski definition) is 7. The van der Waals surface area contributed by atoms with Crippen LogP contribution in [0.2, 0.25) is 0 Å². The Balaban J connectivity index is 1.43. The summed E-state index contributed by atoms with van der Waals surface area (Å²) in [6.07, 6.45) is 1.96. The maximum atomic E-state index is 13.0. The molecule has 0 aliphatic carbocycles. The highest BCUT2D eigenvalue weighted by Crippen LogP contribution is 2.17. The normalized spacial score (nSPS) is 15.7. The molecule has 1 fully saturated rings. The van der Waals surface area contributed by atoms with Crippen LogP contribution in [0, 0.1) is 6.92 Å². The van der Waals surface area contributed by atoms with Crippen molar-refractivity contribution >= 4 is 17.5 Å². The molecule has 1 aromatic carbocycles. The molecule has 162 valence electrons. The van der Waals surface area contributed by atoms with Gasteiger partial charge < -0.3 is 19.4 Å². The van der Waals surface area contributed by atoms with Crippen LogP contribution in [0.4, 0.5) is 5.69 Å². The third-order valence-corrected chi connectivity index (χ3v) is 4.91. The molecule has 3 aromatic rings. The van der Waals surface area contributed by atoms with E-state index < -0.39 is 0 Å². The minimum atomic E-state index is -0.335. The second-order valence-corrected chi connectivity index (χ2v) is 7.31. The van der Waals surface area contributed by atoms with Gasteiger partial charge >= 0.3 is 0 Å². The molecule has 1 aliphatic heterocycles. The van der Waals surface area contributed by atoms with Crippen LogP contribution < -0.4 is 10.2 Å². The molecular weight excluding hydrogens is 400 g/mol. The summed E-state index contributed by atoms with van der Waals surface area (Å²) in [6.45, 7) is 2.69. The lowest BCUT2D eigenvalue weighted by molar-refractivity contribution is -0.124. The fourth-order valence-corrected chi connectivity index (χ4v) is 3.33. The maximum Gasteiger partial charge on any atom is 0.251 e. The predicted molar refractivity (Wildman–Crippen MR) is 111 cm³/mol. The number of anilines is 1. The van der Waals surface area contributed by atoms with E-state index >= 15 is 0 Å². The lowest BCUT2D eigenvalue weighted by atomic mass is 10.2. The molecule has 2 amide bonds. The second kappa shape index (κ2) is 9.52. The molecule has 1 atom stereocenters. The van der Waals surface area contributed by atoms with E-state index in [1.807, 2.05) is 25.1 Å². The van der Waals surface area contributed by atoms with Gasteiger partial charge in [-0.1, -0.05) is 18.2 Å². The minimum absolute atomic E-state index is 0.0350. The number of rotatable bonds is 8. The fourth-order valence-electron chi connectivity index (χ4n) is 3.33. The monoisotopic (exact) mass is 424 g/mol. The standard InChI is InChI=1S/C21H24N6O4/c1-15-9-10-18(31-15)21-23-25-27(24-21)14-20(29)26(16-6-3-2-4-7-16)13-19(28)22-12-17-8-5-11-30-17/h2-4,6-7,9-10,17H,5,8,11-14H2,1H3,(H,22,28)/t17-/m1/s1. The van der Waals surface area contributed by atoms with Crippen LogP contribution in [0.15, 0.2) is 46.9 Å². The highest BCUT2D eigenvalue weighted by molar-refractivity contribution is 5.98. The Bertz CT molecular complexity index is 1030. The largest absolute Gasteiger partial charge is 0.458 e. The predicted octanol–water partition coefficient (Wildman–Crippen LogP) is 1.57. The first-order valence-electron chi connectivity index (χ1n) is 10.2. The molecule has 1 aliphatic rings. The Morgan fingerprint density at radius 3 is 2.77 bits per heavy atom. The number of aromatic nitrogens is 4. The molecule has 31 heavy (non-hydrogen) atoms. The molecule has 4 rings (SSSR count). The van der Waals surface area contributed by atoms with Crippen LogP contribution in [-0.4, -0.2) is 57.8 Å². The van der Waals surface area contributed by atoms with E-state index in [0.29, 0.717) is 23.8 Å². The highest BCUT2D eigenvalue weighted by Gasteiger charge is 2.22. The Morgan fingerprint density at radius 2 is 2.06 bits per heavy atom. The molecule has 0 unspecified atom stereocenters. The quantitative estimate of drug-likeness (QED) is 0.583. The summed E-state index contributed by atoms with van der Waals surface area (Å²) in [4.78, 5) is 28.1. The third kappa shape index (κ3) is 5.34. The molecular formula is C21H24N6O4. The van der Waals surface area contributed by atoms with Crippen molar-refractivity contribution in [1.82, 2.24) is 25.5 Å². The van der Waals surface area contributed by atoms with Gasteiger partial charge in [0, 0.05) is 18.8 Å². The van der Waals surface area contributed by atoms with Crippen LogP contribution in [0.5, 0.6) is 0 Å². The SMILES string of the molecule is Cc1ccc(-c2nnn(CC(=O)N(CC(=O)NC[C@H]3CCCO3)c3ccccc3)n2)o1. The van der Waals surface area contributed by atoms with E-state index in [0.717, 1.165) is 25.2 Å². The number of nitrogens with zero attached hydrogens (tertiary/aromatic N) is 5. The van der Waals surface area contributed by atoms with Gasteiger partial charge in [0.25, 0.3) is 5.91 Å². The van der Waals surface area contributed by atoms with E-state index in [-0.39, 0.29) is 31.0 Å². The average molecular weight is 424 g/mol. The zero-order valence-corrected chi connectivity index (χ0v) is 17.2. The number of tetrazole rings is 1. The zero-order valence-electron chi connectivity index (χ0n) is 17.2. The molecule has 0 saturated carbocycles. The molecule has 2 aromatic heterocycles. The molecule has 10 heteroatoms. The van der Waals surface area contributed by atoms with Gasteiger partial charge in [0.15, 0.2) is 5.76 Å². The number of aryl methyl sites for hydroxylation is 1. The second-order valence-electron chi connectivity index (χ2n) is 7.31. The van der Waals surface area contributed by atoms with Gasteiger partial charge in [-0.25, -0.2) is 0 Å². The minimum Gasteiger partial charge on any atom is -0.458 e. The van der Waals surface area contributed by atoms with Crippen LogP contribution in [0.3, 0.4) is 0 Å². The summed E-state index contributed by atoms with van der Waals surface area (Å²) in [6, 6.07) is 12.6. The van der Waals surface area contributed by atoms with Crippen molar-refractivity contribution in [1.29, 1.82) is 0 Å². The van der Waals surface area contributed by atoms with Crippen molar-refractivity contribution in [2.24, 2.45) is 0 Å². The Labute approximate surface area is 179 Å². The van der Waals surface area contributed by atoms with Crippen molar-refractivity contribution in [2.75, 3.05) is 24.6 Å². The van der Waals surface area contributed by atoms with Gasteiger partial charge in [-0.2, -0.15) is 4.80 Å². The van der Waals surface area contributed by atoms with Gasteiger partial charge in [-0.3, -0.25) is 9.59 Å². The number of amides is 2. The summed E-state index contributed by atoms with van der Waals surface area (Å²) >= 11 is 0. The fraction of sp³-hybridized carbons (Fsp3) is 0.381. The molecule has 0 spiro atoms. The zero-order chi connectivity index (χ0) is 21.6. The van der Waals surface area contributed by atoms with Crippen LogP contribution in [0.1, 0.15) is 18.6 Å². The number of benzene rings is 1. The first kappa shape index (κ1) is 20.7. The number of para-hydroxylation sites is 1. The van der Waals surface area contributed by atoms with Crippen LogP contribution in [-0.2, 0) is 20.9 Å². The highest BCUT2D eigenvalue weighted by atomic mass is 16.5. The summed E-state index contributed by atoms with van der Waals surface area (Å²) in [5, 5.41) is 14.9. The topological polar surface area (TPSA) is 115 Å². The lowest BCUT2D eigenvalue weighted by Gasteiger charge is -2.22. The third-order valence-electron chi connectivity index (χ3n) is 4.91. The summed E-state index contributed by atoms with van der Waals surface area (Å²) < 4.78 is 11.0. The lowest BCUT2D eigenvalue weighted by Crippen LogP contribution is -2.44. The van der Waals surface area contributed by atoms with E-state index in [1.54, 1.807) is 24.3 Å². The van der Waals surface area contributed by atoms with E-state index in [4.69, 9.17) is 9.15 Å². The summed E-state index contributed by atoms with van der Waals surface area (Å²) in [7, 11) is 0. The Hall–Kier alpha value is -3.53. The maximum absolute atomic E-state index is 13.0. The number of carbonyl (C=O) groups is 2. The number of hydrogen-bond donors (Lipinski definition) is 1. The molecule has 1 N–H and O–H groups in total. The first-order valence-corrected chi connectivity index (χ1v) is 10.2. The van der Waals surface area contributed by atoms with Gasteiger partial charge in [0.1, 0.15) is 18.8 Å². The van der Waals surface area contributed by atoms with Gasteiger partial charge in [-0.15, -0.1) is 10.2 Å².